The molecule has 0 saturated carbocycles. The molecule has 0 radical (unpaired) electrons. The molecule has 0 saturated heterocycles. The summed E-state index contributed by atoms with van der Waals surface area (Å²) in [5.41, 5.74) is 0.913. The third-order valence-corrected chi connectivity index (χ3v) is 5.13. The fourth-order valence-electron chi connectivity index (χ4n) is 2.39. The zero-order valence-electron chi connectivity index (χ0n) is 13.9. The van der Waals surface area contributed by atoms with Crippen molar-refractivity contribution in [2.24, 2.45) is 0 Å². The lowest BCUT2D eigenvalue weighted by Crippen LogP contribution is -2.30. The van der Waals surface area contributed by atoms with E-state index >= 15 is 0 Å². The Hall–Kier alpha value is -2.44. The molecule has 0 aliphatic rings. The van der Waals surface area contributed by atoms with Crippen LogP contribution in [0.15, 0.2) is 48.5 Å². The number of amides is 1. The lowest BCUT2D eigenvalue weighted by Gasteiger charge is -2.17. The maximum Gasteiger partial charge on any atom is 0.348 e. The Balaban J connectivity index is 1.58. The molecule has 7 heteroatoms. The van der Waals surface area contributed by atoms with Crippen molar-refractivity contribution in [3.63, 3.8) is 0 Å². The highest BCUT2D eigenvalue weighted by atomic mass is 35.5. The van der Waals surface area contributed by atoms with Gasteiger partial charge in [-0.05, 0) is 35.9 Å². The van der Waals surface area contributed by atoms with Crippen LogP contribution in [0, 0.1) is 5.82 Å². The molecule has 4 nitrogen and oxygen atoms in total. The van der Waals surface area contributed by atoms with E-state index in [9.17, 15) is 14.0 Å². The van der Waals surface area contributed by atoms with E-state index in [1.807, 2.05) is 12.1 Å². The highest BCUT2D eigenvalue weighted by molar-refractivity contribution is 7.20. The van der Waals surface area contributed by atoms with Gasteiger partial charge in [0.1, 0.15) is 10.7 Å². The first-order chi connectivity index (χ1) is 12.4. The molecular formula is C19H15ClFNO3S. The molecule has 1 amide bonds. The minimum absolute atomic E-state index is 0.262. The van der Waals surface area contributed by atoms with Crippen LogP contribution >= 0.6 is 22.9 Å². The van der Waals surface area contributed by atoms with Crippen molar-refractivity contribution in [2.75, 3.05) is 13.7 Å². The molecule has 134 valence electrons. The second kappa shape index (κ2) is 7.85. The predicted molar refractivity (Wildman–Crippen MR) is 100.0 cm³/mol. The van der Waals surface area contributed by atoms with E-state index in [-0.39, 0.29) is 17.4 Å². The molecule has 1 heterocycles. The standard InChI is InChI=1S/C19H15ClFNO3S/c1-22(10-12-5-7-13(20)8-6-12)18(23)11-25-19(24)17-9-14-15(21)3-2-4-16(14)26-17/h2-9H,10-11H2,1H3. The number of carbonyl (C=O) groups excluding carboxylic acids is 2. The number of likely N-dealkylation sites (N-methyl/N-ethyl adjacent to an activating group) is 1. The van der Waals surface area contributed by atoms with Gasteiger partial charge in [0.05, 0.1) is 0 Å². The molecule has 2 aromatic carbocycles. The van der Waals surface area contributed by atoms with E-state index in [1.165, 1.54) is 17.0 Å². The van der Waals surface area contributed by atoms with Crippen LogP contribution in [0.2, 0.25) is 5.02 Å². The molecule has 0 spiro atoms. The summed E-state index contributed by atoms with van der Waals surface area (Å²) in [4.78, 5) is 26.0. The summed E-state index contributed by atoms with van der Waals surface area (Å²) in [5.74, 6) is -1.36. The highest BCUT2D eigenvalue weighted by Crippen LogP contribution is 2.28. The summed E-state index contributed by atoms with van der Waals surface area (Å²) < 4.78 is 19.4. The van der Waals surface area contributed by atoms with E-state index in [4.69, 9.17) is 16.3 Å². The van der Waals surface area contributed by atoms with Gasteiger partial charge in [0.2, 0.25) is 0 Å². The predicted octanol–water partition coefficient (Wildman–Crippen LogP) is 4.51. The number of halogens is 2. The van der Waals surface area contributed by atoms with Gasteiger partial charge in [-0.25, -0.2) is 9.18 Å². The number of ether oxygens (including phenoxy) is 1. The van der Waals surface area contributed by atoms with Crippen LogP contribution in [-0.2, 0) is 16.1 Å². The van der Waals surface area contributed by atoms with Gasteiger partial charge in [0.15, 0.2) is 6.61 Å². The summed E-state index contributed by atoms with van der Waals surface area (Å²) in [6.07, 6.45) is 0. The molecule has 0 aliphatic heterocycles. The van der Waals surface area contributed by atoms with Crippen LogP contribution in [-0.4, -0.2) is 30.4 Å². The lowest BCUT2D eigenvalue weighted by atomic mass is 10.2. The third kappa shape index (κ3) is 4.20. The average Bonchev–Trinajstić information content (AvgIpc) is 3.07. The molecule has 0 aliphatic carbocycles. The molecule has 1 aromatic heterocycles. The van der Waals surface area contributed by atoms with Gasteiger partial charge in [-0.15, -0.1) is 11.3 Å². The monoisotopic (exact) mass is 391 g/mol. The van der Waals surface area contributed by atoms with Crippen molar-refractivity contribution < 1.29 is 18.7 Å². The minimum Gasteiger partial charge on any atom is -0.451 e. The largest absolute Gasteiger partial charge is 0.451 e. The SMILES string of the molecule is CN(Cc1ccc(Cl)cc1)C(=O)COC(=O)c1cc2c(F)cccc2s1. The van der Waals surface area contributed by atoms with Gasteiger partial charge in [-0.3, -0.25) is 4.79 Å². The fourth-order valence-corrected chi connectivity index (χ4v) is 3.48. The van der Waals surface area contributed by atoms with Gasteiger partial charge < -0.3 is 9.64 Å². The molecule has 26 heavy (non-hydrogen) atoms. The fraction of sp³-hybridized carbons (Fsp3) is 0.158. The quantitative estimate of drug-likeness (QED) is 0.601. The Morgan fingerprint density at radius 3 is 2.62 bits per heavy atom. The average molecular weight is 392 g/mol. The normalized spacial score (nSPS) is 10.7. The number of thiophene rings is 1. The Labute approximate surface area is 158 Å². The zero-order valence-corrected chi connectivity index (χ0v) is 15.4. The van der Waals surface area contributed by atoms with E-state index in [0.29, 0.717) is 21.7 Å². The molecule has 0 bridgehead atoms. The van der Waals surface area contributed by atoms with Gasteiger partial charge >= 0.3 is 5.97 Å². The first-order valence-corrected chi connectivity index (χ1v) is 8.97. The van der Waals surface area contributed by atoms with Gasteiger partial charge in [-0.2, -0.15) is 0 Å². The summed E-state index contributed by atoms with van der Waals surface area (Å²) >= 11 is 6.96. The van der Waals surface area contributed by atoms with E-state index in [2.05, 4.69) is 0 Å². The number of esters is 1. The Bertz CT molecular complexity index is 955. The van der Waals surface area contributed by atoms with Crippen LogP contribution < -0.4 is 0 Å². The minimum atomic E-state index is -0.640. The maximum atomic E-state index is 13.7. The molecule has 3 aromatic rings. The number of rotatable bonds is 5. The first-order valence-electron chi connectivity index (χ1n) is 7.77. The Morgan fingerprint density at radius 2 is 1.92 bits per heavy atom. The highest BCUT2D eigenvalue weighted by Gasteiger charge is 2.17. The number of fused-ring (bicyclic) bond motifs is 1. The number of carbonyl (C=O) groups is 2. The van der Waals surface area contributed by atoms with Gasteiger partial charge in [0, 0.05) is 28.7 Å². The molecular weight excluding hydrogens is 377 g/mol. The van der Waals surface area contributed by atoms with Crippen molar-refractivity contribution >= 4 is 44.9 Å². The zero-order chi connectivity index (χ0) is 18.7. The number of nitrogens with zero attached hydrogens (tertiary/aromatic N) is 1. The molecule has 0 unspecified atom stereocenters. The first kappa shape index (κ1) is 18.4. The van der Waals surface area contributed by atoms with Crippen LogP contribution in [0.4, 0.5) is 4.39 Å². The van der Waals surface area contributed by atoms with Crippen molar-refractivity contribution in [3.8, 4) is 0 Å². The molecule has 3 rings (SSSR count). The summed E-state index contributed by atoms with van der Waals surface area (Å²) in [7, 11) is 1.62. The van der Waals surface area contributed by atoms with Crippen LogP contribution in [0.1, 0.15) is 15.2 Å². The van der Waals surface area contributed by atoms with Gasteiger partial charge in [0.25, 0.3) is 5.91 Å². The van der Waals surface area contributed by atoms with Crippen molar-refractivity contribution in [2.45, 2.75) is 6.54 Å². The van der Waals surface area contributed by atoms with Crippen LogP contribution in [0.25, 0.3) is 10.1 Å². The lowest BCUT2D eigenvalue weighted by molar-refractivity contribution is -0.133. The van der Waals surface area contributed by atoms with E-state index in [1.54, 1.807) is 31.3 Å². The second-order valence-corrected chi connectivity index (χ2v) is 7.23. The topological polar surface area (TPSA) is 46.6 Å². The number of benzene rings is 2. The van der Waals surface area contributed by atoms with Crippen molar-refractivity contribution in [1.82, 2.24) is 4.90 Å². The number of hydrogen-bond donors (Lipinski definition) is 0. The van der Waals surface area contributed by atoms with Crippen LogP contribution in [0.5, 0.6) is 0 Å². The van der Waals surface area contributed by atoms with Crippen LogP contribution in [0.3, 0.4) is 0 Å². The van der Waals surface area contributed by atoms with E-state index in [0.717, 1.165) is 16.9 Å². The smallest absolute Gasteiger partial charge is 0.348 e. The van der Waals surface area contributed by atoms with Gasteiger partial charge in [-0.1, -0.05) is 29.8 Å². The number of hydrogen-bond acceptors (Lipinski definition) is 4. The maximum absolute atomic E-state index is 13.7. The Morgan fingerprint density at radius 1 is 1.19 bits per heavy atom. The Kier molecular flexibility index (Phi) is 5.54. The molecule has 0 fully saturated rings. The third-order valence-electron chi connectivity index (χ3n) is 3.79. The summed E-state index contributed by atoms with van der Waals surface area (Å²) in [6.45, 7) is 0.00129. The summed E-state index contributed by atoms with van der Waals surface area (Å²) in [6, 6.07) is 13.2. The summed E-state index contributed by atoms with van der Waals surface area (Å²) in [5, 5.41) is 0.993. The second-order valence-electron chi connectivity index (χ2n) is 5.71. The van der Waals surface area contributed by atoms with Crippen molar-refractivity contribution in [3.05, 3.63) is 69.8 Å². The molecule has 0 atom stereocenters. The molecule has 0 N–H and O–H groups in total. The van der Waals surface area contributed by atoms with E-state index < -0.39 is 11.8 Å². The van der Waals surface area contributed by atoms with Crippen molar-refractivity contribution in [1.29, 1.82) is 0 Å².